The fraction of sp³-hybridized carbons (Fsp3) is 0.364. The van der Waals surface area contributed by atoms with Gasteiger partial charge in [-0.15, -0.1) is 24.0 Å². The molecule has 0 spiro atoms. The molecule has 0 bridgehead atoms. The predicted molar refractivity (Wildman–Crippen MR) is 129 cm³/mol. The molecule has 1 unspecified atom stereocenters. The number of benzene rings is 2. The number of carbonyl (C=O) groups excluding carboxylic acids is 1. The van der Waals surface area contributed by atoms with Crippen molar-refractivity contribution in [1.29, 1.82) is 0 Å². The lowest BCUT2D eigenvalue weighted by Gasteiger charge is -2.18. The molecule has 0 aromatic heterocycles. The van der Waals surface area contributed by atoms with Crippen LogP contribution in [0.25, 0.3) is 0 Å². The first-order valence-electron chi connectivity index (χ1n) is 9.59. The lowest BCUT2D eigenvalue weighted by Crippen LogP contribution is -2.41. The van der Waals surface area contributed by atoms with Crippen molar-refractivity contribution in [2.45, 2.75) is 33.4 Å². The zero-order valence-corrected chi connectivity index (χ0v) is 19.8. The molecule has 0 aliphatic heterocycles. The van der Waals surface area contributed by atoms with Crippen LogP contribution in [0.2, 0.25) is 0 Å². The van der Waals surface area contributed by atoms with E-state index in [-0.39, 0.29) is 36.0 Å². The predicted octanol–water partition coefficient (Wildman–Crippen LogP) is 3.50. The number of hydrogen-bond donors (Lipinski definition) is 3. The highest BCUT2D eigenvalue weighted by atomic mass is 127. The maximum absolute atomic E-state index is 11.8. The number of nitrogens with one attached hydrogen (secondary N) is 3. The topological polar surface area (TPSA) is 74.8 Å². The number of para-hydroxylation sites is 1. The number of guanidine groups is 1. The van der Waals surface area contributed by atoms with Gasteiger partial charge in [0.2, 0.25) is 0 Å². The van der Waals surface area contributed by atoms with Gasteiger partial charge < -0.3 is 20.7 Å². The first-order valence-corrected chi connectivity index (χ1v) is 9.59. The summed E-state index contributed by atoms with van der Waals surface area (Å²) >= 11 is 0. The molecule has 7 heteroatoms. The molecule has 2 aromatic rings. The fourth-order valence-corrected chi connectivity index (χ4v) is 2.65. The molecule has 0 saturated heterocycles. The van der Waals surface area contributed by atoms with E-state index in [0.717, 1.165) is 23.4 Å². The van der Waals surface area contributed by atoms with Crippen LogP contribution in [-0.4, -0.2) is 38.1 Å². The minimum absolute atomic E-state index is 0. The number of aryl methyl sites for hydroxylation is 1. The molecule has 0 fully saturated rings. The summed E-state index contributed by atoms with van der Waals surface area (Å²) in [7, 11) is 1.63. The second-order valence-corrected chi connectivity index (χ2v) is 6.55. The molecule has 2 aromatic carbocycles. The van der Waals surface area contributed by atoms with Gasteiger partial charge in [0, 0.05) is 19.2 Å². The summed E-state index contributed by atoms with van der Waals surface area (Å²) in [6.07, 6.45) is -0.0125. The van der Waals surface area contributed by atoms with E-state index in [1.54, 1.807) is 13.1 Å². The van der Waals surface area contributed by atoms with Gasteiger partial charge in [-0.2, -0.15) is 0 Å². The van der Waals surface area contributed by atoms with E-state index in [1.165, 1.54) is 0 Å². The fourth-order valence-electron chi connectivity index (χ4n) is 2.65. The van der Waals surface area contributed by atoms with E-state index < -0.39 is 0 Å². The summed E-state index contributed by atoms with van der Waals surface area (Å²) in [6.45, 7) is 7.95. The van der Waals surface area contributed by atoms with Crippen LogP contribution in [-0.2, 0) is 6.54 Å². The van der Waals surface area contributed by atoms with Crippen LogP contribution in [0.1, 0.15) is 35.3 Å². The minimum atomic E-state index is -0.0990. The molecule has 158 valence electrons. The van der Waals surface area contributed by atoms with Crippen molar-refractivity contribution >= 4 is 35.8 Å². The SMILES string of the molecule is CCNC(=NCc1cccc(C(=O)NC)c1)NCC(C)Oc1ccccc1C.I. The Balaban J connectivity index is 0.00000420. The molecule has 1 atom stereocenters. The molecule has 1 amide bonds. The molecule has 3 N–H and O–H groups in total. The Morgan fingerprint density at radius 2 is 1.90 bits per heavy atom. The Morgan fingerprint density at radius 1 is 1.14 bits per heavy atom. The van der Waals surface area contributed by atoms with E-state index >= 15 is 0 Å². The second kappa shape index (κ2) is 13.0. The summed E-state index contributed by atoms with van der Waals surface area (Å²) < 4.78 is 6.00. The zero-order valence-electron chi connectivity index (χ0n) is 17.5. The Morgan fingerprint density at radius 3 is 2.59 bits per heavy atom. The maximum Gasteiger partial charge on any atom is 0.251 e. The van der Waals surface area contributed by atoms with Crippen molar-refractivity contribution < 1.29 is 9.53 Å². The van der Waals surface area contributed by atoms with Gasteiger partial charge >= 0.3 is 0 Å². The third-order valence-corrected chi connectivity index (χ3v) is 4.16. The van der Waals surface area contributed by atoms with Crippen LogP contribution in [0, 0.1) is 6.92 Å². The highest BCUT2D eigenvalue weighted by Crippen LogP contribution is 2.17. The van der Waals surface area contributed by atoms with Crippen LogP contribution in [0.4, 0.5) is 0 Å². The molecule has 0 heterocycles. The number of amides is 1. The van der Waals surface area contributed by atoms with Crippen molar-refractivity contribution in [2.24, 2.45) is 4.99 Å². The number of aliphatic imine (C=N–C) groups is 1. The first kappa shape index (κ1) is 24.7. The number of carbonyl (C=O) groups is 1. The van der Waals surface area contributed by atoms with E-state index in [0.29, 0.717) is 24.6 Å². The molecule has 29 heavy (non-hydrogen) atoms. The summed E-state index contributed by atoms with van der Waals surface area (Å²) in [5.41, 5.74) is 2.72. The van der Waals surface area contributed by atoms with E-state index in [1.807, 2.05) is 63.2 Å². The monoisotopic (exact) mass is 510 g/mol. The molecule has 0 saturated carbocycles. The zero-order chi connectivity index (χ0) is 20.4. The normalized spacial score (nSPS) is 11.8. The minimum Gasteiger partial charge on any atom is -0.489 e. The van der Waals surface area contributed by atoms with E-state index in [4.69, 9.17) is 4.74 Å². The van der Waals surface area contributed by atoms with Gasteiger partial charge in [0.25, 0.3) is 5.91 Å². The Kier molecular flexibility index (Phi) is 11.1. The van der Waals surface area contributed by atoms with Crippen LogP contribution < -0.4 is 20.7 Å². The average Bonchev–Trinajstić information content (AvgIpc) is 2.71. The van der Waals surface area contributed by atoms with E-state index in [2.05, 4.69) is 20.9 Å². The van der Waals surface area contributed by atoms with Gasteiger partial charge in [0.1, 0.15) is 11.9 Å². The Labute approximate surface area is 190 Å². The third kappa shape index (κ3) is 8.31. The van der Waals surface area contributed by atoms with Crippen molar-refractivity contribution in [1.82, 2.24) is 16.0 Å². The van der Waals surface area contributed by atoms with Gasteiger partial charge in [0.15, 0.2) is 5.96 Å². The quantitative estimate of drug-likeness (QED) is 0.289. The molecule has 0 aliphatic carbocycles. The first-order chi connectivity index (χ1) is 13.5. The summed E-state index contributed by atoms with van der Waals surface area (Å²) in [5, 5.41) is 9.19. The van der Waals surface area contributed by atoms with Crippen LogP contribution in [0.5, 0.6) is 5.75 Å². The van der Waals surface area contributed by atoms with Gasteiger partial charge in [0.05, 0.1) is 13.1 Å². The number of hydrogen-bond acceptors (Lipinski definition) is 3. The molecule has 2 rings (SSSR count). The Hall–Kier alpha value is -2.29. The smallest absolute Gasteiger partial charge is 0.251 e. The lowest BCUT2D eigenvalue weighted by atomic mass is 10.1. The molecule has 0 radical (unpaired) electrons. The van der Waals surface area contributed by atoms with Gasteiger partial charge in [-0.1, -0.05) is 30.3 Å². The molecular weight excluding hydrogens is 479 g/mol. The van der Waals surface area contributed by atoms with Crippen LogP contribution in [0.3, 0.4) is 0 Å². The average molecular weight is 510 g/mol. The number of ether oxygens (including phenoxy) is 1. The van der Waals surface area contributed by atoms with E-state index in [9.17, 15) is 4.79 Å². The van der Waals surface area contributed by atoms with Crippen LogP contribution in [0.15, 0.2) is 53.5 Å². The lowest BCUT2D eigenvalue weighted by molar-refractivity contribution is 0.0963. The van der Waals surface area contributed by atoms with Crippen molar-refractivity contribution in [3.63, 3.8) is 0 Å². The molecule has 0 aliphatic rings. The number of halogens is 1. The van der Waals surface area contributed by atoms with Gasteiger partial charge in [-0.25, -0.2) is 4.99 Å². The second-order valence-electron chi connectivity index (χ2n) is 6.55. The summed E-state index contributed by atoms with van der Waals surface area (Å²) in [6, 6.07) is 15.5. The maximum atomic E-state index is 11.8. The Bertz CT molecular complexity index is 811. The van der Waals surface area contributed by atoms with Crippen molar-refractivity contribution in [3.8, 4) is 5.75 Å². The highest BCUT2D eigenvalue weighted by molar-refractivity contribution is 14.0. The number of rotatable bonds is 8. The highest BCUT2D eigenvalue weighted by Gasteiger charge is 2.08. The van der Waals surface area contributed by atoms with Crippen molar-refractivity contribution in [2.75, 3.05) is 20.1 Å². The number of nitrogens with zero attached hydrogens (tertiary/aromatic N) is 1. The standard InChI is InChI=1S/C22H30N4O2.HI/c1-5-24-22(25-14-17(3)28-20-12-7-6-9-16(20)2)26-15-18-10-8-11-19(13-18)21(27)23-4;/h6-13,17H,5,14-15H2,1-4H3,(H,23,27)(H2,24,25,26);1H. The van der Waals surface area contributed by atoms with Gasteiger partial charge in [-0.05, 0) is 50.1 Å². The molecular formula is C22H31IN4O2. The summed E-state index contributed by atoms with van der Waals surface area (Å²) in [4.78, 5) is 16.4. The van der Waals surface area contributed by atoms with Crippen molar-refractivity contribution in [3.05, 3.63) is 65.2 Å². The van der Waals surface area contributed by atoms with Crippen LogP contribution >= 0.6 is 24.0 Å². The summed E-state index contributed by atoms with van der Waals surface area (Å²) in [5.74, 6) is 1.51. The molecule has 6 nitrogen and oxygen atoms in total. The third-order valence-electron chi connectivity index (χ3n) is 4.16. The largest absolute Gasteiger partial charge is 0.489 e. The van der Waals surface area contributed by atoms with Gasteiger partial charge in [-0.3, -0.25) is 4.79 Å².